The molecule has 0 radical (unpaired) electrons. The van der Waals surface area contributed by atoms with Crippen LogP contribution in [0.2, 0.25) is 0 Å². The molecule has 1 aromatic rings. The number of piperidine rings is 1. The molecule has 1 saturated heterocycles. The molecule has 108 valence electrons. The number of rotatable bonds is 1. The average molecular weight is 337 g/mol. The summed E-state index contributed by atoms with van der Waals surface area (Å²) in [4.78, 5) is 14.9. The maximum atomic E-state index is 12.8. The number of nitrogen functional groups attached to an aromatic ring is 1. The zero-order valence-corrected chi connectivity index (χ0v) is 13.2. The highest BCUT2D eigenvalue weighted by Crippen LogP contribution is 2.36. The minimum absolute atomic E-state index is 0.154. The van der Waals surface area contributed by atoms with Crippen LogP contribution in [0, 0.1) is 5.92 Å². The Kier molecular flexibility index (Phi) is 4.01. The Bertz CT molecular complexity index is 515. The topological polar surface area (TPSA) is 46.3 Å². The summed E-state index contributed by atoms with van der Waals surface area (Å²) >= 11 is 3.38. The molecule has 1 heterocycles. The SMILES string of the molecule is Nc1cc(C(=O)N2CCCC3CCCCC32)ccc1Br. The minimum Gasteiger partial charge on any atom is -0.398 e. The summed E-state index contributed by atoms with van der Waals surface area (Å²) in [6, 6.07) is 5.98. The third-order valence-electron chi connectivity index (χ3n) is 4.75. The van der Waals surface area contributed by atoms with E-state index in [4.69, 9.17) is 5.73 Å². The quantitative estimate of drug-likeness (QED) is 0.792. The largest absolute Gasteiger partial charge is 0.398 e. The van der Waals surface area contributed by atoms with Crippen molar-refractivity contribution in [3.05, 3.63) is 28.2 Å². The molecular formula is C16H21BrN2O. The van der Waals surface area contributed by atoms with E-state index in [1.165, 1.54) is 32.1 Å². The molecule has 0 spiro atoms. The van der Waals surface area contributed by atoms with Gasteiger partial charge in [-0.05, 0) is 65.7 Å². The van der Waals surface area contributed by atoms with Crippen molar-refractivity contribution in [1.82, 2.24) is 4.90 Å². The number of likely N-dealkylation sites (tertiary alicyclic amines) is 1. The number of hydrogen-bond acceptors (Lipinski definition) is 2. The summed E-state index contributed by atoms with van der Waals surface area (Å²) in [7, 11) is 0. The van der Waals surface area contributed by atoms with Gasteiger partial charge in [-0.3, -0.25) is 4.79 Å². The first-order valence-corrected chi connectivity index (χ1v) is 8.32. The van der Waals surface area contributed by atoms with Gasteiger partial charge in [-0.1, -0.05) is 12.8 Å². The lowest BCUT2D eigenvalue weighted by molar-refractivity contribution is 0.0391. The number of carbonyl (C=O) groups is 1. The molecule has 2 fully saturated rings. The van der Waals surface area contributed by atoms with Gasteiger partial charge >= 0.3 is 0 Å². The molecule has 2 atom stereocenters. The maximum absolute atomic E-state index is 12.8. The molecule has 3 rings (SSSR count). The Morgan fingerprint density at radius 2 is 1.95 bits per heavy atom. The van der Waals surface area contributed by atoms with Crippen LogP contribution in [0.25, 0.3) is 0 Å². The monoisotopic (exact) mass is 336 g/mol. The Labute approximate surface area is 128 Å². The highest BCUT2D eigenvalue weighted by molar-refractivity contribution is 9.10. The fraction of sp³-hybridized carbons (Fsp3) is 0.562. The van der Waals surface area contributed by atoms with Gasteiger partial charge in [-0.2, -0.15) is 0 Å². The van der Waals surface area contributed by atoms with Crippen LogP contribution >= 0.6 is 15.9 Å². The van der Waals surface area contributed by atoms with Gasteiger partial charge < -0.3 is 10.6 Å². The lowest BCUT2D eigenvalue weighted by atomic mass is 9.78. The number of carbonyl (C=O) groups excluding carboxylic acids is 1. The summed E-state index contributed by atoms with van der Waals surface area (Å²) in [6.07, 6.45) is 7.47. The number of nitrogens with two attached hydrogens (primary N) is 1. The van der Waals surface area contributed by atoms with E-state index < -0.39 is 0 Å². The van der Waals surface area contributed by atoms with Crippen molar-refractivity contribution >= 4 is 27.5 Å². The van der Waals surface area contributed by atoms with E-state index in [1.807, 2.05) is 12.1 Å². The molecule has 1 saturated carbocycles. The molecule has 0 aromatic heterocycles. The molecule has 2 aliphatic rings. The standard InChI is InChI=1S/C16H21BrN2O/c17-13-8-7-12(10-14(13)18)16(20)19-9-3-5-11-4-1-2-6-15(11)19/h7-8,10-11,15H,1-6,9,18H2. The van der Waals surface area contributed by atoms with Crippen LogP contribution in [0.15, 0.2) is 22.7 Å². The number of halogens is 1. The number of nitrogens with zero attached hydrogens (tertiary/aromatic N) is 1. The second kappa shape index (κ2) is 5.76. The molecule has 1 aromatic carbocycles. The number of hydrogen-bond donors (Lipinski definition) is 1. The van der Waals surface area contributed by atoms with Gasteiger partial charge in [0.25, 0.3) is 5.91 Å². The van der Waals surface area contributed by atoms with E-state index in [2.05, 4.69) is 20.8 Å². The molecule has 1 amide bonds. The van der Waals surface area contributed by atoms with Gasteiger partial charge in [0.15, 0.2) is 0 Å². The summed E-state index contributed by atoms with van der Waals surface area (Å²) in [5.74, 6) is 0.870. The van der Waals surface area contributed by atoms with Crippen molar-refractivity contribution in [2.45, 2.75) is 44.6 Å². The molecule has 1 aliphatic carbocycles. The fourth-order valence-corrected chi connectivity index (χ4v) is 3.97. The Morgan fingerprint density at radius 1 is 1.20 bits per heavy atom. The molecule has 1 aliphatic heterocycles. The average Bonchev–Trinajstić information content (AvgIpc) is 2.49. The molecule has 3 nitrogen and oxygen atoms in total. The van der Waals surface area contributed by atoms with Crippen molar-refractivity contribution in [2.24, 2.45) is 5.92 Å². The zero-order valence-electron chi connectivity index (χ0n) is 11.6. The molecule has 0 bridgehead atoms. The van der Waals surface area contributed by atoms with Crippen LogP contribution in [-0.4, -0.2) is 23.4 Å². The zero-order chi connectivity index (χ0) is 14.1. The van der Waals surface area contributed by atoms with Crippen LogP contribution in [0.1, 0.15) is 48.9 Å². The summed E-state index contributed by atoms with van der Waals surface area (Å²) in [6.45, 7) is 0.899. The molecule has 20 heavy (non-hydrogen) atoms. The van der Waals surface area contributed by atoms with E-state index in [-0.39, 0.29) is 5.91 Å². The number of fused-ring (bicyclic) bond motifs is 1. The maximum Gasteiger partial charge on any atom is 0.254 e. The van der Waals surface area contributed by atoms with E-state index in [0.29, 0.717) is 17.6 Å². The fourth-order valence-electron chi connectivity index (χ4n) is 3.72. The van der Waals surface area contributed by atoms with Crippen LogP contribution < -0.4 is 5.73 Å². The lowest BCUT2D eigenvalue weighted by Crippen LogP contribution is -2.49. The third-order valence-corrected chi connectivity index (χ3v) is 5.47. The first kappa shape index (κ1) is 13.9. The Morgan fingerprint density at radius 3 is 2.75 bits per heavy atom. The predicted molar refractivity (Wildman–Crippen MR) is 84.6 cm³/mol. The van der Waals surface area contributed by atoms with Gasteiger partial charge in [0.1, 0.15) is 0 Å². The van der Waals surface area contributed by atoms with Crippen LogP contribution in [-0.2, 0) is 0 Å². The van der Waals surface area contributed by atoms with E-state index >= 15 is 0 Å². The third kappa shape index (κ3) is 2.58. The predicted octanol–water partition coefficient (Wildman–Crippen LogP) is 3.83. The number of benzene rings is 1. The van der Waals surface area contributed by atoms with Crippen LogP contribution in [0.4, 0.5) is 5.69 Å². The Hall–Kier alpha value is -1.03. The van der Waals surface area contributed by atoms with Crippen molar-refractivity contribution in [3.63, 3.8) is 0 Å². The second-order valence-electron chi connectivity index (χ2n) is 5.99. The highest BCUT2D eigenvalue weighted by Gasteiger charge is 2.35. The smallest absolute Gasteiger partial charge is 0.254 e. The van der Waals surface area contributed by atoms with E-state index in [0.717, 1.165) is 23.0 Å². The molecule has 2 unspecified atom stereocenters. The van der Waals surface area contributed by atoms with Gasteiger partial charge in [-0.15, -0.1) is 0 Å². The van der Waals surface area contributed by atoms with Gasteiger partial charge in [0, 0.05) is 28.3 Å². The summed E-state index contributed by atoms with van der Waals surface area (Å²) < 4.78 is 0.850. The van der Waals surface area contributed by atoms with Crippen molar-refractivity contribution in [2.75, 3.05) is 12.3 Å². The number of amides is 1. The van der Waals surface area contributed by atoms with Crippen molar-refractivity contribution in [3.8, 4) is 0 Å². The first-order valence-electron chi connectivity index (χ1n) is 7.53. The van der Waals surface area contributed by atoms with E-state index in [9.17, 15) is 4.79 Å². The lowest BCUT2D eigenvalue weighted by Gasteiger charge is -2.44. The molecule has 4 heteroatoms. The van der Waals surface area contributed by atoms with Crippen LogP contribution in [0.3, 0.4) is 0 Å². The van der Waals surface area contributed by atoms with Crippen molar-refractivity contribution < 1.29 is 4.79 Å². The van der Waals surface area contributed by atoms with Crippen LogP contribution in [0.5, 0.6) is 0 Å². The summed E-state index contributed by atoms with van der Waals surface area (Å²) in [5, 5.41) is 0. The minimum atomic E-state index is 0.154. The van der Waals surface area contributed by atoms with Crippen molar-refractivity contribution in [1.29, 1.82) is 0 Å². The number of anilines is 1. The second-order valence-corrected chi connectivity index (χ2v) is 6.84. The highest BCUT2D eigenvalue weighted by atomic mass is 79.9. The first-order chi connectivity index (χ1) is 9.66. The summed E-state index contributed by atoms with van der Waals surface area (Å²) in [5.41, 5.74) is 7.25. The molecular weight excluding hydrogens is 316 g/mol. The van der Waals surface area contributed by atoms with Gasteiger partial charge in [0.2, 0.25) is 0 Å². The van der Waals surface area contributed by atoms with Gasteiger partial charge in [-0.25, -0.2) is 0 Å². The van der Waals surface area contributed by atoms with E-state index in [1.54, 1.807) is 6.07 Å². The van der Waals surface area contributed by atoms with Gasteiger partial charge in [0.05, 0.1) is 0 Å². The normalized spacial score (nSPS) is 26.1. The molecule has 2 N–H and O–H groups in total. The Balaban J connectivity index is 1.83.